The van der Waals surface area contributed by atoms with Crippen LogP contribution < -0.4 is 0 Å². The van der Waals surface area contributed by atoms with Gasteiger partial charge in [0.15, 0.2) is 0 Å². The van der Waals surface area contributed by atoms with Crippen LogP contribution >= 0.6 is 11.3 Å². The summed E-state index contributed by atoms with van der Waals surface area (Å²) in [6.07, 6.45) is 7.14. The Morgan fingerprint density at radius 3 is 2.88 bits per heavy atom. The van der Waals surface area contributed by atoms with E-state index in [0.717, 1.165) is 38.0 Å². The van der Waals surface area contributed by atoms with Crippen LogP contribution in [0.25, 0.3) is 0 Å². The molecule has 128 valence electrons. The molecule has 3 atom stereocenters. The molecule has 3 heterocycles. The molecule has 2 aromatic rings. The van der Waals surface area contributed by atoms with Crippen LogP contribution in [-0.2, 0) is 11.8 Å². The Morgan fingerprint density at radius 2 is 2.21 bits per heavy atom. The van der Waals surface area contributed by atoms with Gasteiger partial charge in [0.1, 0.15) is 0 Å². The molecule has 0 unspecified atom stereocenters. The maximum absolute atomic E-state index is 12.9. The molecule has 2 aromatic heterocycles. The molecule has 1 saturated heterocycles. The molecule has 1 aliphatic carbocycles. The van der Waals surface area contributed by atoms with Gasteiger partial charge in [-0.3, -0.25) is 9.48 Å². The number of hydrogen-bond donors (Lipinski definition) is 0. The Hall–Kier alpha value is -1.69. The first-order valence-electron chi connectivity index (χ1n) is 8.74. The lowest BCUT2D eigenvalue weighted by Gasteiger charge is -2.32. The van der Waals surface area contributed by atoms with Gasteiger partial charge in [-0.05, 0) is 44.6 Å². The predicted molar refractivity (Wildman–Crippen MR) is 94.2 cm³/mol. The second-order valence-corrected chi connectivity index (χ2v) is 8.45. The van der Waals surface area contributed by atoms with Crippen LogP contribution in [0.15, 0.2) is 12.4 Å². The number of piperidine rings is 1. The number of amides is 1. The van der Waals surface area contributed by atoms with Crippen molar-refractivity contribution in [3.05, 3.63) is 33.5 Å². The van der Waals surface area contributed by atoms with Crippen LogP contribution in [0.2, 0.25) is 0 Å². The molecule has 0 radical (unpaired) electrons. The number of aryl methyl sites for hydroxylation is 3. The molecule has 1 saturated carbocycles. The maximum Gasteiger partial charge on any atom is 0.226 e. The van der Waals surface area contributed by atoms with E-state index in [0.29, 0.717) is 17.7 Å². The van der Waals surface area contributed by atoms with Crippen LogP contribution in [0.5, 0.6) is 0 Å². The first-order chi connectivity index (χ1) is 11.5. The Labute approximate surface area is 146 Å². The molecule has 0 bridgehead atoms. The first-order valence-corrected chi connectivity index (χ1v) is 9.56. The normalized spacial score (nSPS) is 26.6. The minimum Gasteiger partial charge on any atom is -0.342 e. The van der Waals surface area contributed by atoms with Crippen molar-refractivity contribution in [3.8, 4) is 0 Å². The fourth-order valence-corrected chi connectivity index (χ4v) is 4.80. The fourth-order valence-electron chi connectivity index (χ4n) is 3.75. The predicted octanol–water partition coefficient (Wildman–Crippen LogP) is 3.00. The van der Waals surface area contributed by atoms with Gasteiger partial charge >= 0.3 is 0 Å². The summed E-state index contributed by atoms with van der Waals surface area (Å²) in [4.78, 5) is 21.0. The second kappa shape index (κ2) is 5.99. The summed E-state index contributed by atoms with van der Waals surface area (Å²) in [6, 6.07) is 0. The van der Waals surface area contributed by atoms with Crippen molar-refractivity contribution in [2.75, 3.05) is 13.1 Å². The Bertz CT molecular complexity index is 745. The van der Waals surface area contributed by atoms with Crippen LogP contribution in [0, 0.1) is 19.8 Å². The summed E-state index contributed by atoms with van der Waals surface area (Å²) in [6.45, 7) is 5.94. The van der Waals surface area contributed by atoms with Crippen LogP contribution in [0.4, 0.5) is 0 Å². The van der Waals surface area contributed by atoms with E-state index >= 15 is 0 Å². The van der Waals surface area contributed by atoms with Crippen molar-refractivity contribution in [2.24, 2.45) is 13.0 Å². The standard InChI is InChI=1S/C18H24N4OS/c1-11-12(2)24-17(20-11)13-5-4-6-22(10-13)18(23)16-7-15(16)14-8-19-21(3)9-14/h8-9,13,15-16H,4-7,10H2,1-3H3/t13-,15-,16+/m1/s1. The third kappa shape index (κ3) is 2.88. The Kier molecular flexibility index (Phi) is 3.95. The summed E-state index contributed by atoms with van der Waals surface area (Å²) in [7, 11) is 1.93. The second-order valence-electron chi connectivity index (χ2n) is 7.21. The summed E-state index contributed by atoms with van der Waals surface area (Å²) < 4.78 is 1.82. The van der Waals surface area contributed by atoms with Gasteiger partial charge < -0.3 is 4.90 Å². The van der Waals surface area contributed by atoms with Crippen molar-refractivity contribution in [2.45, 2.75) is 44.9 Å². The lowest BCUT2D eigenvalue weighted by molar-refractivity contribution is -0.133. The quantitative estimate of drug-likeness (QED) is 0.860. The van der Waals surface area contributed by atoms with Crippen molar-refractivity contribution in [1.29, 1.82) is 0 Å². The average Bonchev–Trinajstić information content (AvgIpc) is 3.15. The molecule has 2 aliphatic rings. The van der Waals surface area contributed by atoms with Gasteiger partial charge in [0.05, 0.1) is 16.9 Å². The minimum absolute atomic E-state index is 0.160. The fraction of sp³-hybridized carbons (Fsp3) is 0.611. The third-order valence-corrected chi connectivity index (χ3v) is 6.62. The Morgan fingerprint density at radius 1 is 1.38 bits per heavy atom. The summed E-state index contributed by atoms with van der Waals surface area (Å²) in [5.41, 5.74) is 2.34. The van der Waals surface area contributed by atoms with E-state index in [1.165, 1.54) is 15.4 Å². The summed E-state index contributed by atoms with van der Waals surface area (Å²) in [5.74, 6) is 1.28. The number of carbonyl (C=O) groups is 1. The lowest BCUT2D eigenvalue weighted by atomic mass is 9.98. The van der Waals surface area contributed by atoms with Gasteiger partial charge in [-0.15, -0.1) is 11.3 Å². The van der Waals surface area contributed by atoms with E-state index in [9.17, 15) is 4.79 Å². The van der Waals surface area contributed by atoms with E-state index in [-0.39, 0.29) is 5.92 Å². The molecule has 1 aliphatic heterocycles. The molecule has 4 rings (SSSR count). The molecule has 24 heavy (non-hydrogen) atoms. The molecule has 5 nitrogen and oxygen atoms in total. The van der Waals surface area contributed by atoms with E-state index in [4.69, 9.17) is 4.98 Å². The number of hydrogen-bond acceptors (Lipinski definition) is 4. The van der Waals surface area contributed by atoms with Crippen LogP contribution in [0.3, 0.4) is 0 Å². The monoisotopic (exact) mass is 344 g/mol. The number of aromatic nitrogens is 3. The highest BCUT2D eigenvalue weighted by atomic mass is 32.1. The van der Waals surface area contributed by atoms with E-state index in [1.807, 2.05) is 24.1 Å². The van der Waals surface area contributed by atoms with E-state index < -0.39 is 0 Å². The maximum atomic E-state index is 12.9. The van der Waals surface area contributed by atoms with E-state index in [1.54, 1.807) is 11.3 Å². The zero-order valence-corrected chi connectivity index (χ0v) is 15.3. The van der Waals surface area contributed by atoms with Crippen LogP contribution in [0.1, 0.15) is 52.2 Å². The van der Waals surface area contributed by atoms with Crippen molar-refractivity contribution in [1.82, 2.24) is 19.7 Å². The number of carbonyl (C=O) groups excluding carboxylic acids is 1. The molecule has 0 aromatic carbocycles. The van der Waals surface area contributed by atoms with Crippen molar-refractivity contribution >= 4 is 17.2 Å². The number of likely N-dealkylation sites (tertiary alicyclic amines) is 1. The smallest absolute Gasteiger partial charge is 0.226 e. The zero-order valence-electron chi connectivity index (χ0n) is 14.5. The van der Waals surface area contributed by atoms with Crippen molar-refractivity contribution in [3.63, 3.8) is 0 Å². The molecule has 1 amide bonds. The van der Waals surface area contributed by atoms with Crippen LogP contribution in [-0.4, -0.2) is 38.7 Å². The molecule has 6 heteroatoms. The molecule has 0 N–H and O–H groups in total. The summed E-state index contributed by atoms with van der Waals surface area (Å²) >= 11 is 1.80. The van der Waals surface area contributed by atoms with Gasteiger partial charge in [-0.2, -0.15) is 5.10 Å². The Balaban J connectivity index is 1.42. The highest BCUT2D eigenvalue weighted by Gasteiger charge is 2.47. The molecular formula is C18H24N4OS. The third-order valence-electron chi connectivity index (χ3n) is 5.39. The lowest BCUT2D eigenvalue weighted by Crippen LogP contribution is -2.40. The van der Waals surface area contributed by atoms with Gasteiger partial charge in [-0.1, -0.05) is 0 Å². The highest BCUT2D eigenvalue weighted by Crippen LogP contribution is 2.48. The van der Waals surface area contributed by atoms with Gasteiger partial charge in [-0.25, -0.2) is 4.98 Å². The van der Waals surface area contributed by atoms with Gasteiger partial charge in [0.25, 0.3) is 0 Å². The number of thiazole rings is 1. The van der Waals surface area contributed by atoms with Crippen molar-refractivity contribution < 1.29 is 4.79 Å². The van der Waals surface area contributed by atoms with E-state index in [2.05, 4.69) is 23.8 Å². The number of rotatable bonds is 3. The van der Waals surface area contributed by atoms with Gasteiger partial charge in [0, 0.05) is 43.0 Å². The first kappa shape index (κ1) is 15.8. The van der Waals surface area contributed by atoms with Gasteiger partial charge in [0.2, 0.25) is 5.91 Å². The summed E-state index contributed by atoms with van der Waals surface area (Å²) in [5, 5.41) is 5.44. The largest absolute Gasteiger partial charge is 0.342 e. The number of nitrogens with zero attached hydrogens (tertiary/aromatic N) is 4. The molecular weight excluding hydrogens is 320 g/mol. The zero-order chi connectivity index (χ0) is 16.8. The highest BCUT2D eigenvalue weighted by molar-refractivity contribution is 7.11. The molecule has 2 fully saturated rings. The topological polar surface area (TPSA) is 51.0 Å². The SMILES string of the molecule is Cc1nc([C@@H]2CCCN(C(=O)[C@H]3C[C@@H]3c3cnn(C)c3)C2)sc1C. The average molecular weight is 344 g/mol. The molecule has 0 spiro atoms. The minimum atomic E-state index is 0.160.